The molecule has 0 radical (unpaired) electrons. The Morgan fingerprint density at radius 1 is 1.41 bits per heavy atom. The predicted molar refractivity (Wildman–Crippen MR) is 65.4 cm³/mol. The highest BCUT2D eigenvalue weighted by Gasteiger charge is 2.16. The molecule has 0 aromatic heterocycles. The third kappa shape index (κ3) is 4.04. The average Bonchev–Trinajstić information content (AvgIpc) is 2.88. The van der Waals surface area contributed by atoms with Gasteiger partial charge in [0.25, 0.3) is 0 Å². The summed E-state index contributed by atoms with van der Waals surface area (Å²) in [5.41, 5.74) is 0.988. The van der Waals surface area contributed by atoms with Crippen molar-refractivity contribution < 1.29 is 14.3 Å². The van der Waals surface area contributed by atoms with Gasteiger partial charge in [0, 0.05) is 12.7 Å². The summed E-state index contributed by atoms with van der Waals surface area (Å²) < 4.78 is 10.5. The van der Waals surface area contributed by atoms with Crippen molar-refractivity contribution in [1.82, 2.24) is 0 Å². The van der Waals surface area contributed by atoms with Gasteiger partial charge in [-0.15, -0.1) is 0 Å². The first-order valence-corrected chi connectivity index (χ1v) is 5.86. The first-order chi connectivity index (χ1) is 8.34. The van der Waals surface area contributed by atoms with E-state index in [0.717, 1.165) is 25.0 Å². The van der Waals surface area contributed by atoms with Gasteiger partial charge in [0.05, 0.1) is 6.10 Å². The minimum atomic E-state index is -0.315. The summed E-state index contributed by atoms with van der Waals surface area (Å²) in [6.45, 7) is 1.14. The lowest BCUT2D eigenvalue weighted by Crippen LogP contribution is -2.16. The van der Waals surface area contributed by atoms with E-state index in [0.29, 0.717) is 6.61 Å². The molecule has 2 rings (SSSR count). The summed E-state index contributed by atoms with van der Waals surface area (Å²) in [5.74, 6) is -0.315. The molecule has 1 aliphatic rings. The SMILES string of the molecule is O=C(/C=C/c1ccccc1)OC[C@H]1CCCO1. The second-order valence-corrected chi connectivity index (χ2v) is 4.01. The zero-order valence-corrected chi connectivity index (χ0v) is 9.67. The van der Waals surface area contributed by atoms with Crippen LogP contribution in [0.25, 0.3) is 6.08 Å². The van der Waals surface area contributed by atoms with Crippen LogP contribution in [0.15, 0.2) is 36.4 Å². The van der Waals surface area contributed by atoms with E-state index >= 15 is 0 Å². The number of hydrogen-bond donors (Lipinski definition) is 0. The predicted octanol–water partition coefficient (Wildman–Crippen LogP) is 2.42. The van der Waals surface area contributed by atoms with Crippen molar-refractivity contribution in [3.63, 3.8) is 0 Å². The Morgan fingerprint density at radius 3 is 2.94 bits per heavy atom. The Labute approximate surface area is 101 Å². The third-order valence-electron chi connectivity index (χ3n) is 2.65. The standard InChI is InChI=1S/C14H16O3/c15-14(17-11-13-7-4-10-16-13)9-8-12-5-2-1-3-6-12/h1-3,5-6,8-9,13H,4,7,10-11H2/b9-8+/t13-/m1/s1. The van der Waals surface area contributed by atoms with Crippen molar-refractivity contribution >= 4 is 12.0 Å². The molecule has 17 heavy (non-hydrogen) atoms. The maximum Gasteiger partial charge on any atom is 0.330 e. The highest BCUT2D eigenvalue weighted by atomic mass is 16.6. The second kappa shape index (κ2) is 6.21. The number of carbonyl (C=O) groups is 1. The molecule has 1 aliphatic heterocycles. The van der Waals surface area contributed by atoms with Gasteiger partial charge in [-0.2, -0.15) is 0 Å². The maximum absolute atomic E-state index is 11.4. The number of esters is 1. The highest BCUT2D eigenvalue weighted by Crippen LogP contribution is 2.12. The Hall–Kier alpha value is -1.61. The van der Waals surface area contributed by atoms with Gasteiger partial charge in [-0.05, 0) is 24.5 Å². The van der Waals surface area contributed by atoms with Crippen molar-refractivity contribution in [2.75, 3.05) is 13.2 Å². The van der Waals surface area contributed by atoms with Crippen LogP contribution in [0.5, 0.6) is 0 Å². The number of benzene rings is 1. The van der Waals surface area contributed by atoms with Gasteiger partial charge in [-0.3, -0.25) is 0 Å². The number of ether oxygens (including phenoxy) is 2. The molecule has 1 fully saturated rings. The first-order valence-electron chi connectivity index (χ1n) is 5.86. The zero-order valence-electron chi connectivity index (χ0n) is 9.67. The van der Waals surface area contributed by atoms with Crippen LogP contribution in [0.4, 0.5) is 0 Å². The van der Waals surface area contributed by atoms with Gasteiger partial charge in [0.15, 0.2) is 0 Å². The normalized spacial score (nSPS) is 19.6. The molecule has 3 nitrogen and oxygen atoms in total. The van der Waals surface area contributed by atoms with Gasteiger partial charge < -0.3 is 9.47 Å². The summed E-state index contributed by atoms with van der Waals surface area (Å²) in [6.07, 6.45) is 5.32. The largest absolute Gasteiger partial charge is 0.460 e. The van der Waals surface area contributed by atoms with Crippen molar-refractivity contribution in [2.24, 2.45) is 0 Å². The summed E-state index contributed by atoms with van der Waals surface area (Å²) >= 11 is 0. The molecule has 0 saturated carbocycles. The van der Waals surface area contributed by atoms with Crippen LogP contribution >= 0.6 is 0 Å². The Morgan fingerprint density at radius 2 is 2.24 bits per heavy atom. The zero-order chi connectivity index (χ0) is 11.9. The maximum atomic E-state index is 11.4. The summed E-state index contributed by atoms with van der Waals surface area (Å²) in [7, 11) is 0. The molecule has 1 saturated heterocycles. The van der Waals surface area contributed by atoms with Gasteiger partial charge in [-0.1, -0.05) is 30.3 Å². The smallest absolute Gasteiger partial charge is 0.330 e. The van der Waals surface area contributed by atoms with Crippen LogP contribution in [0, 0.1) is 0 Å². The van der Waals surface area contributed by atoms with E-state index in [1.165, 1.54) is 6.08 Å². The number of rotatable bonds is 4. The van der Waals surface area contributed by atoms with E-state index < -0.39 is 0 Å². The molecule has 1 aromatic carbocycles. The molecular weight excluding hydrogens is 216 g/mol. The monoisotopic (exact) mass is 232 g/mol. The number of hydrogen-bond acceptors (Lipinski definition) is 3. The van der Waals surface area contributed by atoms with E-state index in [4.69, 9.17) is 9.47 Å². The molecule has 3 heteroatoms. The van der Waals surface area contributed by atoms with Gasteiger partial charge in [-0.25, -0.2) is 4.79 Å². The van der Waals surface area contributed by atoms with Crippen molar-refractivity contribution in [1.29, 1.82) is 0 Å². The molecule has 1 aromatic rings. The van der Waals surface area contributed by atoms with Crippen LogP contribution in [-0.4, -0.2) is 25.3 Å². The van der Waals surface area contributed by atoms with E-state index in [1.54, 1.807) is 6.08 Å². The Bertz CT molecular complexity index is 378. The van der Waals surface area contributed by atoms with Crippen molar-refractivity contribution in [3.8, 4) is 0 Å². The van der Waals surface area contributed by atoms with Gasteiger partial charge >= 0.3 is 5.97 Å². The van der Waals surface area contributed by atoms with E-state index in [9.17, 15) is 4.79 Å². The topological polar surface area (TPSA) is 35.5 Å². The fourth-order valence-corrected chi connectivity index (χ4v) is 1.73. The molecular formula is C14H16O3. The first kappa shape index (κ1) is 11.9. The van der Waals surface area contributed by atoms with Crippen molar-refractivity contribution in [3.05, 3.63) is 42.0 Å². The lowest BCUT2D eigenvalue weighted by Gasteiger charge is -2.08. The highest BCUT2D eigenvalue weighted by molar-refractivity contribution is 5.87. The summed E-state index contributed by atoms with van der Waals surface area (Å²) in [4.78, 5) is 11.4. The summed E-state index contributed by atoms with van der Waals surface area (Å²) in [6, 6.07) is 9.66. The molecule has 0 unspecified atom stereocenters. The lowest BCUT2D eigenvalue weighted by molar-refractivity contribution is -0.140. The minimum Gasteiger partial charge on any atom is -0.460 e. The van der Waals surface area contributed by atoms with Crippen LogP contribution in [0.3, 0.4) is 0 Å². The summed E-state index contributed by atoms with van der Waals surface area (Å²) in [5, 5.41) is 0. The third-order valence-corrected chi connectivity index (χ3v) is 2.65. The van der Waals surface area contributed by atoms with Crippen LogP contribution in [-0.2, 0) is 14.3 Å². The molecule has 0 spiro atoms. The second-order valence-electron chi connectivity index (χ2n) is 4.01. The molecule has 1 atom stereocenters. The quantitative estimate of drug-likeness (QED) is 0.590. The number of carbonyl (C=O) groups excluding carboxylic acids is 1. The van der Waals surface area contributed by atoms with E-state index in [1.807, 2.05) is 30.3 Å². The molecule has 0 N–H and O–H groups in total. The fraction of sp³-hybridized carbons (Fsp3) is 0.357. The van der Waals surface area contributed by atoms with Crippen LogP contribution in [0.1, 0.15) is 18.4 Å². The lowest BCUT2D eigenvalue weighted by atomic mass is 10.2. The minimum absolute atomic E-state index is 0.0871. The van der Waals surface area contributed by atoms with E-state index in [2.05, 4.69) is 0 Å². The Kier molecular flexibility index (Phi) is 4.33. The van der Waals surface area contributed by atoms with Crippen LogP contribution < -0.4 is 0 Å². The molecule has 1 heterocycles. The average molecular weight is 232 g/mol. The van der Waals surface area contributed by atoms with Crippen LogP contribution in [0.2, 0.25) is 0 Å². The van der Waals surface area contributed by atoms with Gasteiger partial charge in [0.2, 0.25) is 0 Å². The molecule has 0 amide bonds. The van der Waals surface area contributed by atoms with E-state index in [-0.39, 0.29) is 12.1 Å². The molecule has 90 valence electrons. The molecule has 0 aliphatic carbocycles. The Balaban J connectivity index is 1.75. The molecule has 0 bridgehead atoms. The van der Waals surface area contributed by atoms with Gasteiger partial charge in [0.1, 0.15) is 6.61 Å². The fourth-order valence-electron chi connectivity index (χ4n) is 1.73. The van der Waals surface area contributed by atoms with Crippen molar-refractivity contribution in [2.45, 2.75) is 18.9 Å².